The summed E-state index contributed by atoms with van der Waals surface area (Å²) in [4.78, 5) is 12.7. The molecule has 1 aromatic heterocycles. The van der Waals surface area contributed by atoms with Gasteiger partial charge in [0.25, 0.3) is 0 Å². The highest BCUT2D eigenvalue weighted by molar-refractivity contribution is 5.90. The molecule has 5 heteroatoms. The molecule has 1 heterocycles. The minimum absolute atomic E-state index is 0.0491. The van der Waals surface area contributed by atoms with Crippen LogP contribution in [-0.4, -0.2) is 20.5 Å². The van der Waals surface area contributed by atoms with Gasteiger partial charge in [-0.15, -0.1) is 10.2 Å². The number of hydrogen-bond donors (Lipinski definition) is 0. The number of carbonyl (C=O) groups is 1. The second kappa shape index (κ2) is 6.57. The standard InChI is InChI=1S/C18H18N4O/c1-22-17(14-10-6-3-7-11-14)20-21-18(22)15(12-19)16(23)13-8-4-2-5-9-13/h2-4,6-7,10-11,13,15H,5,8-9H2,1H3/t13-,15+/m0/s1. The second-order valence-electron chi connectivity index (χ2n) is 5.75. The number of carbonyl (C=O) groups excluding carboxylic acids is 1. The predicted molar refractivity (Wildman–Crippen MR) is 86.3 cm³/mol. The summed E-state index contributed by atoms with van der Waals surface area (Å²) in [5, 5.41) is 17.8. The normalized spacial score (nSPS) is 18.3. The zero-order chi connectivity index (χ0) is 16.2. The van der Waals surface area contributed by atoms with Gasteiger partial charge in [-0.2, -0.15) is 5.26 Å². The quantitative estimate of drug-likeness (QED) is 0.814. The molecule has 1 aliphatic carbocycles. The summed E-state index contributed by atoms with van der Waals surface area (Å²) in [5.74, 6) is 0.0815. The molecule has 5 nitrogen and oxygen atoms in total. The molecule has 23 heavy (non-hydrogen) atoms. The highest BCUT2D eigenvalue weighted by Gasteiger charge is 2.32. The average Bonchev–Trinajstić information content (AvgIpc) is 2.99. The minimum atomic E-state index is -0.860. The number of Topliss-reactive ketones (excluding diaryl/α,β-unsaturated/α-hetero) is 1. The molecule has 0 bridgehead atoms. The summed E-state index contributed by atoms with van der Waals surface area (Å²) < 4.78 is 1.75. The molecule has 1 aromatic carbocycles. The van der Waals surface area contributed by atoms with Crippen LogP contribution in [0.3, 0.4) is 0 Å². The Hall–Kier alpha value is -2.74. The molecule has 0 N–H and O–H groups in total. The molecule has 0 aliphatic heterocycles. The maximum absolute atomic E-state index is 12.7. The maximum Gasteiger partial charge on any atom is 0.165 e. The minimum Gasteiger partial charge on any atom is -0.313 e. The highest BCUT2D eigenvalue weighted by Crippen LogP contribution is 2.28. The smallest absolute Gasteiger partial charge is 0.165 e. The summed E-state index contributed by atoms with van der Waals surface area (Å²) >= 11 is 0. The third-order valence-corrected chi connectivity index (χ3v) is 4.28. The number of nitriles is 1. The fourth-order valence-electron chi connectivity index (χ4n) is 2.97. The molecule has 3 rings (SSSR count). The van der Waals surface area contributed by atoms with Gasteiger partial charge in [0.05, 0.1) is 6.07 Å². The monoisotopic (exact) mass is 306 g/mol. The zero-order valence-corrected chi connectivity index (χ0v) is 13.0. The van der Waals surface area contributed by atoms with E-state index in [1.807, 2.05) is 36.4 Å². The van der Waals surface area contributed by atoms with Gasteiger partial charge < -0.3 is 4.57 Å². The molecule has 0 spiro atoms. The maximum atomic E-state index is 12.7. The Balaban J connectivity index is 1.91. The van der Waals surface area contributed by atoms with Gasteiger partial charge in [0.15, 0.2) is 23.3 Å². The zero-order valence-electron chi connectivity index (χ0n) is 13.0. The fraction of sp³-hybridized carbons (Fsp3) is 0.333. The molecule has 0 saturated heterocycles. The molecule has 0 unspecified atom stereocenters. The SMILES string of the molecule is Cn1c(-c2ccccc2)nnc1[C@H](C#N)C(=O)[C@H]1CC=CCC1. The van der Waals surface area contributed by atoms with E-state index in [0.717, 1.165) is 18.4 Å². The van der Waals surface area contributed by atoms with E-state index in [1.54, 1.807) is 11.6 Å². The molecule has 0 amide bonds. The first kappa shape index (κ1) is 15.2. The molecule has 1 aliphatic rings. The number of rotatable bonds is 4. The number of nitrogens with zero attached hydrogens (tertiary/aromatic N) is 4. The largest absolute Gasteiger partial charge is 0.313 e. The van der Waals surface area contributed by atoms with E-state index in [1.165, 1.54) is 0 Å². The van der Waals surface area contributed by atoms with Crippen LogP contribution in [0.5, 0.6) is 0 Å². The van der Waals surface area contributed by atoms with Crippen molar-refractivity contribution in [3.05, 3.63) is 48.3 Å². The first-order valence-electron chi connectivity index (χ1n) is 7.75. The van der Waals surface area contributed by atoms with Crippen molar-refractivity contribution in [2.45, 2.75) is 25.2 Å². The Kier molecular flexibility index (Phi) is 4.33. The summed E-state index contributed by atoms with van der Waals surface area (Å²) in [5.41, 5.74) is 0.915. The average molecular weight is 306 g/mol. The summed E-state index contributed by atoms with van der Waals surface area (Å²) in [6.45, 7) is 0. The van der Waals surface area contributed by atoms with Gasteiger partial charge in [0.1, 0.15) is 0 Å². The van der Waals surface area contributed by atoms with Crippen LogP contribution in [-0.2, 0) is 11.8 Å². The Morgan fingerprint density at radius 2 is 2.09 bits per heavy atom. The molecule has 2 atom stereocenters. The van der Waals surface area contributed by atoms with E-state index >= 15 is 0 Å². The van der Waals surface area contributed by atoms with E-state index < -0.39 is 5.92 Å². The van der Waals surface area contributed by atoms with E-state index in [9.17, 15) is 10.1 Å². The lowest BCUT2D eigenvalue weighted by atomic mass is 9.84. The first-order valence-corrected chi connectivity index (χ1v) is 7.75. The van der Waals surface area contributed by atoms with E-state index in [4.69, 9.17) is 0 Å². The Labute approximate surface area is 135 Å². The Morgan fingerprint density at radius 1 is 1.30 bits per heavy atom. The van der Waals surface area contributed by atoms with Crippen LogP contribution in [0.1, 0.15) is 31.0 Å². The Bertz CT molecular complexity index is 770. The van der Waals surface area contributed by atoms with Crippen LogP contribution in [0.25, 0.3) is 11.4 Å². The van der Waals surface area contributed by atoms with Crippen molar-refractivity contribution in [2.24, 2.45) is 13.0 Å². The van der Waals surface area contributed by atoms with Crippen molar-refractivity contribution in [3.63, 3.8) is 0 Å². The predicted octanol–water partition coefficient (Wildman–Crippen LogP) is 3.01. The number of hydrogen-bond acceptors (Lipinski definition) is 4. The van der Waals surface area contributed by atoms with Gasteiger partial charge in [0.2, 0.25) is 0 Å². The van der Waals surface area contributed by atoms with Crippen molar-refractivity contribution in [1.82, 2.24) is 14.8 Å². The summed E-state index contributed by atoms with van der Waals surface area (Å²) in [7, 11) is 1.80. The van der Waals surface area contributed by atoms with Crippen LogP contribution in [0.2, 0.25) is 0 Å². The second-order valence-corrected chi connectivity index (χ2v) is 5.75. The fourth-order valence-corrected chi connectivity index (χ4v) is 2.97. The van der Waals surface area contributed by atoms with Gasteiger partial charge in [0, 0.05) is 18.5 Å². The number of allylic oxidation sites excluding steroid dienone is 2. The van der Waals surface area contributed by atoms with E-state index in [2.05, 4.69) is 22.3 Å². The molecular weight excluding hydrogens is 288 g/mol. The lowest BCUT2D eigenvalue weighted by molar-refractivity contribution is -0.123. The van der Waals surface area contributed by atoms with Gasteiger partial charge >= 0.3 is 0 Å². The van der Waals surface area contributed by atoms with Crippen LogP contribution in [0, 0.1) is 17.2 Å². The molecule has 0 radical (unpaired) electrons. The number of ketones is 1. The van der Waals surface area contributed by atoms with Gasteiger partial charge in [-0.25, -0.2) is 0 Å². The Morgan fingerprint density at radius 3 is 2.74 bits per heavy atom. The molecule has 116 valence electrons. The van der Waals surface area contributed by atoms with Gasteiger partial charge in [-0.1, -0.05) is 42.5 Å². The van der Waals surface area contributed by atoms with E-state index in [0.29, 0.717) is 18.1 Å². The van der Waals surface area contributed by atoms with Gasteiger partial charge in [-0.05, 0) is 19.3 Å². The van der Waals surface area contributed by atoms with E-state index in [-0.39, 0.29) is 11.7 Å². The molecule has 0 saturated carbocycles. The lowest BCUT2D eigenvalue weighted by Crippen LogP contribution is -2.24. The van der Waals surface area contributed by atoms with Crippen molar-refractivity contribution in [2.75, 3.05) is 0 Å². The number of benzene rings is 1. The number of aromatic nitrogens is 3. The van der Waals surface area contributed by atoms with Gasteiger partial charge in [-0.3, -0.25) is 4.79 Å². The van der Waals surface area contributed by atoms with Crippen molar-refractivity contribution in [1.29, 1.82) is 5.26 Å². The van der Waals surface area contributed by atoms with Crippen LogP contribution < -0.4 is 0 Å². The third kappa shape index (κ3) is 2.93. The lowest BCUT2D eigenvalue weighted by Gasteiger charge is -2.18. The highest BCUT2D eigenvalue weighted by atomic mass is 16.1. The van der Waals surface area contributed by atoms with Crippen molar-refractivity contribution >= 4 is 5.78 Å². The molecule has 0 fully saturated rings. The van der Waals surface area contributed by atoms with Crippen LogP contribution in [0.4, 0.5) is 0 Å². The van der Waals surface area contributed by atoms with Crippen LogP contribution in [0.15, 0.2) is 42.5 Å². The third-order valence-electron chi connectivity index (χ3n) is 4.28. The molecule has 2 aromatic rings. The first-order chi connectivity index (χ1) is 11.2. The van der Waals surface area contributed by atoms with Crippen molar-refractivity contribution < 1.29 is 4.79 Å². The summed E-state index contributed by atoms with van der Waals surface area (Å²) in [6.07, 6.45) is 6.51. The topological polar surface area (TPSA) is 71.6 Å². The van der Waals surface area contributed by atoms with Crippen molar-refractivity contribution in [3.8, 4) is 17.5 Å². The summed E-state index contributed by atoms with van der Waals surface area (Å²) in [6, 6.07) is 11.8. The van der Waals surface area contributed by atoms with Crippen LogP contribution >= 0.6 is 0 Å². The molecular formula is C18H18N4O.